The summed E-state index contributed by atoms with van der Waals surface area (Å²) in [6.45, 7) is 1.65. The van der Waals surface area contributed by atoms with Crippen molar-refractivity contribution in [2.75, 3.05) is 0 Å². The van der Waals surface area contributed by atoms with Crippen LogP contribution in [0.3, 0.4) is 0 Å². The van der Waals surface area contributed by atoms with Gasteiger partial charge in [0.25, 0.3) is 0 Å². The maximum Gasteiger partial charge on any atom is 0.417 e. The SMILES string of the molecule is Cc1ccc2c(C(F)(F)F)ccc(O)c2n1.[Al]. The van der Waals surface area contributed by atoms with Crippen molar-refractivity contribution in [1.82, 2.24) is 4.98 Å². The molecule has 0 aliphatic heterocycles. The van der Waals surface area contributed by atoms with Crippen molar-refractivity contribution in [3.05, 3.63) is 35.5 Å². The second-order valence-electron chi connectivity index (χ2n) is 3.48. The molecule has 1 N–H and O–H groups in total. The lowest BCUT2D eigenvalue weighted by atomic mass is 10.1. The van der Waals surface area contributed by atoms with Gasteiger partial charge in [-0.2, -0.15) is 13.2 Å². The molecule has 17 heavy (non-hydrogen) atoms. The van der Waals surface area contributed by atoms with Gasteiger partial charge >= 0.3 is 6.18 Å². The molecule has 1 heterocycles. The molecular formula is C11H8AlF3NO. The van der Waals surface area contributed by atoms with Gasteiger partial charge in [0.05, 0.1) is 5.56 Å². The average molecular weight is 254 g/mol. The Morgan fingerprint density at radius 3 is 2.35 bits per heavy atom. The highest BCUT2D eigenvalue weighted by Crippen LogP contribution is 2.37. The van der Waals surface area contributed by atoms with E-state index in [1.165, 1.54) is 12.1 Å². The summed E-state index contributed by atoms with van der Waals surface area (Å²) in [6, 6.07) is 4.67. The van der Waals surface area contributed by atoms with Crippen LogP contribution in [0.2, 0.25) is 0 Å². The molecule has 0 spiro atoms. The van der Waals surface area contributed by atoms with E-state index in [9.17, 15) is 18.3 Å². The monoisotopic (exact) mass is 254 g/mol. The third kappa shape index (κ3) is 2.54. The third-order valence-corrected chi connectivity index (χ3v) is 2.28. The molecule has 2 rings (SSSR count). The lowest BCUT2D eigenvalue weighted by Crippen LogP contribution is -2.06. The predicted octanol–water partition coefficient (Wildman–Crippen LogP) is 2.89. The van der Waals surface area contributed by atoms with Gasteiger partial charge in [0, 0.05) is 28.4 Å². The van der Waals surface area contributed by atoms with Gasteiger partial charge in [-0.05, 0) is 25.1 Å². The number of hydrogen-bond acceptors (Lipinski definition) is 2. The van der Waals surface area contributed by atoms with E-state index in [1.807, 2.05) is 0 Å². The van der Waals surface area contributed by atoms with Gasteiger partial charge in [-0.25, -0.2) is 4.98 Å². The van der Waals surface area contributed by atoms with E-state index < -0.39 is 11.7 Å². The van der Waals surface area contributed by atoms with Crippen LogP contribution in [0.25, 0.3) is 10.9 Å². The van der Waals surface area contributed by atoms with Crippen LogP contribution in [-0.4, -0.2) is 27.5 Å². The van der Waals surface area contributed by atoms with Gasteiger partial charge in [0.1, 0.15) is 11.3 Å². The van der Waals surface area contributed by atoms with Gasteiger partial charge < -0.3 is 5.11 Å². The fraction of sp³-hybridized carbons (Fsp3) is 0.182. The van der Waals surface area contributed by atoms with Gasteiger partial charge in [0.2, 0.25) is 0 Å². The summed E-state index contributed by atoms with van der Waals surface area (Å²) in [5.41, 5.74) is -0.246. The molecule has 0 saturated carbocycles. The van der Waals surface area contributed by atoms with Crippen LogP contribution in [0.5, 0.6) is 5.75 Å². The number of aromatic nitrogens is 1. The molecule has 0 atom stereocenters. The Hall–Kier alpha value is -1.25. The molecule has 0 aliphatic rings. The van der Waals surface area contributed by atoms with E-state index in [0.29, 0.717) is 5.69 Å². The minimum absolute atomic E-state index is 0. The highest BCUT2D eigenvalue weighted by atomic mass is 27.0. The molecule has 0 unspecified atom stereocenters. The van der Waals surface area contributed by atoms with E-state index in [2.05, 4.69) is 4.98 Å². The molecule has 0 fully saturated rings. The number of phenolic OH excluding ortho intramolecular Hbond substituents is 1. The first-order valence-electron chi connectivity index (χ1n) is 4.56. The summed E-state index contributed by atoms with van der Waals surface area (Å²) in [7, 11) is 0. The Morgan fingerprint density at radius 2 is 1.76 bits per heavy atom. The van der Waals surface area contributed by atoms with Gasteiger partial charge in [-0.15, -0.1) is 0 Å². The molecule has 6 heteroatoms. The summed E-state index contributed by atoms with van der Waals surface area (Å²) >= 11 is 0. The van der Waals surface area contributed by atoms with Crippen molar-refractivity contribution < 1.29 is 18.3 Å². The number of nitrogens with zero attached hydrogens (tertiary/aromatic N) is 1. The summed E-state index contributed by atoms with van der Waals surface area (Å²) in [4.78, 5) is 3.90. The number of aryl methyl sites for hydroxylation is 1. The van der Waals surface area contributed by atoms with Crippen LogP contribution in [0.15, 0.2) is 24.3 Å². The van der Waals surface area contributed by atoms with E-state index in [1.54, 1.807) is 6.92 Å². The number of halogens is 3. The second-order valence-corrected chi connectivity index (χ2v) is 3.48. The quantitative estimate of drug-likeness (QED) is 0.733. The molecular weight excluding hydrogens is 246 g/mol. The number of fused-ring (bicyclic) bond motifs is 1. The van der Waals surface area contributed by atoms with Crippen molar-refractivity contribution in [2.45, 2.75) is 13.1 Å². The second kappa shape index (κ2) is 4.55. The third-order valence-electron chi connectivity index (χ3n) is 2.28. The fourth-order valence-electron chi connectivity index (χ4n) is 1.55. The largest absolute Gasteiger partial charge is 0.506 e. The Kier molecular flexibility index (Phi) is 3.70. The van der Waals surface area contributed by atoms with Crippen LogP contribution in [0.4, 0.5) is 13.2 Å². The summed E-state index contributed by atoms with van der Waals surface area (Å²) in [5.74, 6) is -0.244. The molecule has 2 nitrogen and oxygen atoms in total. The van der Waals surface area contributed by atoms with E-state index in [-0.39, 0.29) is 34.0 Å². The predicted molar refractivity (Wildman–Crippen MR) is 58.9 cm³/mol. The van der Waals surface area contributed by atoms with Gasteiger partial charge in [-0.3, -0.25) is 0 Å². The Labute approximate surface area is 106 Å². The Balaban J connectivity index is 0.00000144. The fourth-order valence-corrected chi connectivity index (χ4v) is 1.55. The zero-order chi connectivity index (χ0) is 11.9. The molecule has 1 aromatic carbocycles. The number of aromatic hydroxyl groups is 1. The van der Waals surface area contributed by atoms with Crippen molar-refractivity contribution in [3.63, 3.8) is 0 Å². The first-order valence-corrected chi connectivity index (χ1v) is 4.56. The number of rotatable bonds is 0. The standard InChI is InChI=1S/C11H8F3NO.Al/c1-6-2-3-7-8(11(12,13)14)4-5-9(16)10(7)15-6;/h2-5,16H,1H3;. The van der Waals surface area contributed by atoms with Crippen molar-refractivity contribution in [1.29, 1.82) is 0 Å². The Bertz CT molecular complexity index is 554. The minimum Gasteiger partial charge on any atom is -0.506 e. The number of phenols is 1. The van der Waals surface area contributed by atoms with E-state index in [4.69, 9.17) is 0 Å². The van der Waals surface area contributed by atoms with Crippen LogP contribution in [-0.2, 0) is 6.18 Å². The number of benzene rings is 1. The number of hydrogen-bond donors (Lipinski definition) is 1. The lowest BCUT2D eigenvalue weighted by molar-refractivity contribution is -0.136. The summed E-state index contributed by atoms with van der Waals surface area (Å²) in [5, 5.41) is 9.37. The van der Waals surface area contributed by atoms with Crippen molar-refractivity contribution in [3.8, 4) is 5.75 Å². The molecule has 0 bridgehead atoms. The highest BCUT2D eigenvalue weighted by molar-refractivity contribution is 5.87. The van der Waals surface area contributed by atoms with Crippen LogP contribution >= 0.6 is 0 Å². The maximum atomic E-state index is 12.6. The molecule has 0 amide bonds. The zero-order valence-electron chi connectivity index (χ0n) is 8.92. The summed E-state index contributed by atoms with van der Waals surface area (Å²) < 4.78 is 37.9. The smallest absolute Gasteiger partial charge is 0.417 e. The van der Waals surface area contributed by atoms with Crippen LogP contribution in [0, 0.1) is 6.92 Å². The molecule has 0 saturated heterocycles. The Morgan fingerprint density at radius 1 is 1.12 bits per heavy atom. The first-order chi connectivity index (χ1) is 7.39. The van der Waals surface area contributed by atoms with E-state index >= 15 is 0 Å². The highest BCUT2D eigenvalue weighted by Gasteiger charge is 2.33. The molecule has 87 valence electrons. The first kappa shape index (κ1) is 13.8. The zero-order valence-corrected chi connectivity index (χ0v) is 10.1. The average Bonchev–Trinajstić information content (AvgIpc) is 2.17. The van der Waals surface area contributed by atoms with Crippen LogP contribution < -0.4 is 0 Å². The van der Waals surface area contributed by atoms with Gasteiger partial charge in [0.15, 0.2) is 0 Å². The topological polar surface area (TPSA) is 33.1 Å². The maximum absolute atomic E-state index is 12.6. The number of pyridine rings is 1. The molecule has 3 radical (unpaired) electrons. The van der Waals surface area contributed by atoms with Crippen LogP contribution in [0.1, 0.15) is 11.3 Å². The molecule has 1 aromatic heterocycles. The molecule has 2 aromatic rings. The van der Waals surface area contributed by atoms with Crippen molar-refractivity contribution >= 4 is 28.3 Å². The summed E-state index contributed by atoms with van der Waals surface area (Å²) in [6.07, 6.45) is -4.44. The van der Waals surface area contributed by atoms with Gasteiger partial charge in [-0.1, -0.05) is 6.07 Å². The minimum atomic E-state index is -4.44. The normalized spacial score (nSPS) is 11.3. The molecule has 0 aliphatic carbocycles. The van der Waals surface area contributed by atoms with E-state index in [0.717, 1.165) is 12.1 Å². The number of alkyl halides is 3. The van der Waals surface area contributed by atoms with Crippen molar-refractivity contribution in [2.24, 2.45) is 0 Å². The lowest BCUT2D eigenvalue weighted by Gasteiger charge is -2.11.